The Hall–Kier alpha value is -1.26. The lowest BCUT2D eigenvalue weighted by atomic mass is 10.1. The second-order valence-corrected chi connectivity index (χ2v) is 6.11. The second kappa shape index (κ2) is 5.39. The van der Waals surface area contributed by atoms with Gasteiger partial charge in [0.2, 0.25) is 0 Å². The molecule has 2 N–H and O–H groups in total. The van der Waals surface area contributed by atoms with Crippen LogP contribution in [-0.2, 0) is 6.54 Å². The molecule has 0 saturated carbocycles. The minimum atomic E-state index is 0.790. The Balaban J connectivity index is 1.84. The van der Waals surface area contributed by atoms with Gasteiger partial charge >= 0.3 is 0 Å². The molecule has 0 aliphatic carbocycles. The molecule has 3 aromatic rings. The van der Waals surface area contributed by atoms with Gasteiger partial charge in [-0.3, -0.25) is 0 Å². The van der Waals surface area contributed by atoms with Crippen molar-refractivity contribution in [2.75, 3.05) is 5.32 Å². The van der Waals surface area contributed by atoms with E-state index in [1.165, 1.54) is 16.5 Å². The van der Waals surface area contributed by atoms with Gasteiger partial charge in [0, 0.05) is 27.4 Å². The summed E-state index contributed by atoms with van der Waals surface area (Å²) >= 11 is 7.02. The van der Waals surface area contributed by atoms with E-state index in [0.29, 0.717) is 0 Å². The number of nitrogens with one attached hydrogen (secondary N) is 2. The van der Waals surface area contributed by atoms with E-state index < -0.39 is 0 Å². The standard InChI is InChI=1S/C15H12Br2N2/c16-12-4-5-14(13(17)8-12)19-9-11-3-1-2-10-6-7-18-15(10)11/h1-8,18-19H,9H2. The summed E-state index contributed by atoms with van der Waals surface area (Å²) < 4.78 is 2.12. The quantitative estimate of drug-likeness (QED) is 0.634. The molecule has 1 heterocycles. The normalized spacial score (nSPS) is 10.8. The van der Waals surface area contributed by atoms with Gasteiger partial charge in [-0.1, -0.05) is 34.1 Å². The molecule has 0 saturated heterocycles. The number of fused-ring (bicyclic) bond motifs is 1. The maximum atomic E-state index is 3.56. The molecule has 0 unspecified atom stereocenters. The molecule has 1 aromatic heterocycles. The monoisotopic (exact) mass is 378 g/mol. The Morgan fingerprint density at radius 3 is 2.79 bits per heavy atom. The van der Waals surface area contributed by atoms with Crippen LogP contribution in [0.1, 0.15) is 5.56 Å². The zero-order valence-electron chi connectivity index (χ0n) is 10.1. The molecule has 0 atom stereocenters. The first-order valence-electron chi connectivity index (χ1n) is 5.98. The molecule has 2 aromatic carbocycles. The Morgan fingerprint density at radius 2 is 1.95 bits per heavy atom. The Bertz CT molecular complexity index is 719. The number of aromatic amines is 1. The smallest absolute Gasteiger partial charge is 0.0504 e. The molecule has 0 spiro atoms. The lowest BCUT2D eigenvalue weighted by Crippen LogP contribution is -2.00. The molecular weight excluding hydrogens is 368 g/mol. The summed E-state index contributed by atoms with van der Waals surface area (Å²) in [6.07, 6.45) is 1.98. The van der Waals surface area contributed by atoms with Crippen LogP contribution in [-0.4, -0.2) is 4.98 Å². The van der Waals surface area contributed by atoms with Crippen LogP contribution in [0.4, 0.5) is 5.69 Å². The summed E-state index contributed by atoms with van der Waals surface area (Å²) in [6.45, 7) is 0.790. The fourth-order valence-corrected chi connectivity index (χ4v) is 3.31. The predicted octanol–water partition coefficient (Wildman–Crippen LogP) is 5.31. The van der Waals surface area contributed by atoms with Gasteiger partial charge in [0.15, 0.2) is 0 Å². The van der Waals surface area contributed by atoms with E-state index in [2.05, 4.69) is 72.5 Å². The zero-order chi connectivity index (χ0) is 13.2. The summed E-state index contributed by atoms with van der Waals surface area (Å²) in [7, 11) is 0. The van der Waals surface area contributed by atoms with Gasteiger partial charge in [0.25, 0.3) is 0 Å². The average molecular weight is 380 g/mol. The van der Waals surface area contributed by atoms with Crippen LogP contribution < -0.4 is 5.32 Å². The first kappa shape index (κ1) is 12.8. The third kappa shape index (κ3) is 2.69. The van der Waals surface area contributed by atoms with Gasteiger partial charge in [-0.2, -0.15) is 0 Å². The molecule has 19 heavy (non-hydrogen) atoms. The number of aromatic nitrogens is 1. The fourth-order valence-electron chi connectivity index (χ4n) is 2.12. The highest BCUT2D eigenvalue weighted by Crippen LogP contribution is 2.27. The molecule has 4 heteroatoms. The van der Waals surface area contributed by atoms with E-state index in [1.54, 1.807) is 0 Å². The topological polar surface area (TPSA) is 27.8 Å². The number of H-pyrrole nitrogens is 1. The van der Waals surface area contributed by atoms with Crippen molar-refractivity contribution >= 4 is 48.5 Å². The SMILES string of the molecule is Brc1ccc(NCc2cccc3cc[nH]c23)c(Br)c1. The van der Waals surface area contributed by atoms with E-state index in [1.807, 2.05) is 18.3 Å². The number of rotatable bonds is 3. The van der Waals surface area contributed by atoms with E-state index >= 15 is 0 Å². The van der Waals surface area contributed by atoms with E-state index in [-0.39, 0.29) is 0 Å². The largest absolute Gasteiger partial charge is 0.380 e. The minimum Gasteiger partial charge on any atom is -0.380 e. The summed E-state index contributed by atoms with van der Waals surface area (Å²) in [5.74, 6) is 0. The van der Waals surface area contributed by atoms with Crippen LogP contribution in [0.5, 0.6) is 0 Å². The third-order valence-electron chi connectivity index (χ3n) is 3.07. The molecular formula is C15H12Br2N2. The van der Waals surface area contributed by atoms with Gasteiger partial charge in [0.05, 0.1) is 5.52 Å². The summed E-state index contributed by atoms with van der Waals surface area (Å²) in [6, 6.07) is 14.6. The lowest BCUT2D eigenvalue weighted by molar-refractivity contribution is 1.15. The highest BCUT2D eigenvalue weighted by molar-refractivity contribution is 9.11. The molecule has 0 aliphatic heterocycles. The van der Waals surface area contributed by atoms with E-state index in [0.717, 1.165) is 21.2 Å². The van der Waals surface area contributed by atoms with Crippen molar-refractivity contribution in [3.8, 4) is 0 Å². The van der Waals surface area contributed by atoms with Crippen molar-refractivity contribution in [1.82, 2.24) is 4.98 Å². The van der Waals surface area contributed by atoms with Crippen molar-refractivity contribution in [1.29, 1.82) is 0 Å². The van der Waals surface area contributed by atoms with Gasteiger partial charge in [0.1, 0.15) is 0 Å². The van der Waals surface area contributed by atoms with Crippen LogP contribution in [0, 0.1) is 0 Å². The van der Waals surface area contributed by atoms with Crippen LogP contribution >= 0.6 is 31.9 Å². The van der Waals surface area contributed by atoms with Crippen LogP contribution in [0.2, 0.25) is 0 Å². The first-order valence-corrected chi connectivity index (χ1v) is 7.56. The minimum absolute atomic E-state index is 0.790. The number of halogens is 2. The van der Waals surface area contributed by atoms with Gasteiger partial charge in [-0.05, 0) is 51.1 Å². The molecule has 0 amide bonds. The average Bonchev–Trinajstić information content (AvgIpc) is 2.86. The Labute approximate surface area is 128 Å². The van der Waals surface area contributed by atoms with Crippen molar-refractivity contribution < 1.29 is 0 Å². The van der Waals surface area contributed by atoms with E-state index in [9.17, 15) is 0 Å². The van der Waals surface area contributed by atoms with Crippen LogP contribution in [0.15, 0.2) is 57.6 Å². The van der Waals surface area contributed by atoms with Gasteiger partial charge in [-0.25, -0.2) is 0 Å². The summed E-state index contributed by atoms with van der Waals surface area (Å²) in [5, 5.41) is 4.70. The zero-order valence-corrected chi connectivity index (χ0v) is 13.3. The maximum absolute atomic E-state index is 3.56. The Morgan fingerprint density at radius 1 is 1.05 bits per heavy atom. The maximum Gasteiger partial charge on any atom is 0.0504 e. The summed E-state index contributed by atoms with van der Waals surface area (Å²) in [5.41, 5.74) is 3.55. The lowest BCUT2D eigenvalue weighted by Gasteiger charge is -2.10. The third-order valence-corrected chi connectivity index (χ3v) is 4.22. The van der Waals surface area contributed by atoms with Crippen molar-refractivity contribution in [2.24, 2.45) is 0 Å². The molecule has 96 valence electrons. The number of hydrogen-bond donors (Lipinski definition) is 2. The fraction of sp³-hybridized carbons (Fsp3) is 0.0667. The first-order chi connectivity index (χ1) is 9.24. The number of hydrogen-bond acceptors (Lipinski definition) is 1. The molecule has 2 nitrogen and oxygen atoms in total. The number of benzene rings is 2. The van der Waals surface area contributed by atoms with E-state index in [4.69, 9.17) is 0 Å². The molecule has 0 radical (unpaired) electrons. The van der Waals surface area contributed by atoms with Crippen molar-refractivity contribution in [3.05, 3.63) is 63.2 Å². The molecule has 0 bridgehead atoms. The highest BCUT2D eigenvalue weighted by Gasteiger charge is 2.03. The van der Waals surface area contributed by atoms with Gasteiger partial charge in [-0.15, -0.1) is 0 Å². The second-order valence-electron chi connectivity index (χ2n) is 4.34. The molecule has 0 fully saturated rings. The van der Waals surface area contributed by atoms with Gasteiger partial charge < -0.3 is 10.3 Å². The van der Waals surface area contributed by atoms with Crippen molar-refractivity contribution in [2.45, 2.75) is 6.54 Å². The van der Waals surface area contributed by atoms with Crippen LogP contribution in [0.25, 0.3) is 10.9 Å². The molecule has 0 aliphatic rings. The highest BCUT2D eigenvalue weighted by atomic mass is 79.9. The number of anilines is 1. The molecule has 3 rings (SSSR count). The van der Waals surface area contributed by atoms with Crippen LogP contribution in [0.3, 0.4) is 0 Å². The van der Waals surface area contributed by atoms with Crippen molar-refractivity contribution in [3.63, 3.8) is 0 Å². The summed E-state index contributed by atoms with van der Waals surface area (Å²) in [4.78, 5) is 3.29. The Kier molecular flexibility index (Phi) is 3.62. The number of para-hydroxylation sites is 1. The predicted molar refractivity (Wildman–Crippen MR) is 87.5 cm³/mol.